The third-order valence-electron chi connectivity index (χ3n) is 3.03. The van der Waals surface area contributed by atoms with Crippen molar-refractivity contribution in [3.63, 3.8) is 0 Å². The van der Waals surface area contributed by atoms with Gasteiger partial charge in [-0.05, 0) is 32.4 Å². The zero-order valence-corrected chi connectivity index (χ0v) is 9.78. The van der Waals surface area contributed by atoms with E-state index >= 15 is 0 Å². The number of carbonyl (C=O) groups is 1. The lowest BCUT2D eigenvalue weighted by atomic mass is 9.92. The second-order valence-electron chi connectivity index (χ2n) is 4.16. The average molecular weight is 217 g/mol. The van der Waals surface area contributed by atoms with Crippen molar-refractivity contribution in [2.24, 2.45) is 0 Å². The van der Waals surface area contributed by atoms with Crippen LogP contribution in [0.1, 0.15) is 32.9 Å². The van der Waals surface area contributed by atoms with Crippen LogP contribution >= 0.6 is 0 Å². The summed E-state index contributed by atoms with van der Waals surface area (Å²) in [5.41, 5.74) is 0.601. The number of ketones is 1. The Morgan fingerprint density at radius 2 is 2.19 bits per heavy atom. The molecular weight excluding hydrogens is 202 g/mol. The number of nitrogens with zero attached hydrogens (tertiary/aromatic N) is 1. The maximum absolute atomic E-state index is 12.2. The fourth-order valence-corrected chi connectivity index (χ4v) is 1.90. The van der Waals surface area contributed by atoms with Gasteiger partial charge in [0.05, 0.1) is 11.3 Å². The Bertz CT molecular complexity index is 450. The van der Waals surface area contributed by atoms with Crippen molar-refractivity contribution >= 4 is 11.4 Å². The van der Waals surface area contributed by atoms with E-state index in [0.29, 0.717) is 23.4 Å². The highest BCUT2D eigenvalue weighted by atomic mass is 16.5. The van der Waals surface area contributed by atoms with Gasteiger partial charge in [0, 0.05) is 6.20 Å². The molecule has 84 valence electrons. The molecule has 0 aromatic carbocycles. The molecule has 3 heteroatoms. The minimum Gasteiger partial charge on any atom is -0.483 e. The number of allylic oxidation sites excluding steroid dienone is 1. The Morgan fingerprint density at radius 3 is 2.69 bits per heavy atom. The molecule has 0 bridgehead atoms. The molecule has 0 radical (unpaired) electrons. The Kier molecular flexibility index (Phi) is 2.54. The molecule has 1 atom stereocenters. The highest BCUT2D eigenvalue weighted by Crippen LogP contribution is 2.37. The quantitative estimate of drug-likeness (QED) is 0.764. The first kappa shape index (κ1) is 10.9. The summed E-state index contributed by atoms with van der Waals surface area (Å²) in [6.07, 6.45) is 2.35. The monoisotopic (exact) mass is 217 g/mol. The normalized spacial score (nSPS) is 24.8. The van der Waals surface area contributed by atoms with E-state index in [-0.39, 0.29) is 5.78 Å². The number of rotatable bonds is 2. The van der Waals surface area contributed by atoms with E-state index in [1.807, 2.05) is 39.0 Å². The van der Waals surface area contributed by atoms with Crippen molar-refractivity contribution in [3.05, 3.63) is 35.8 Å². The van der Waals surface area contributed by atoms with Crippen LogP contribution in [-0.2, 0) is 9.53 Å². The number of hydrogen-bond donors (Lipinski definition) is 0. The van der Waals surface area contributed by atoms with Crippen LogP contribution < -0.4 is 0 Å². The van der Waals surface area contributed by atoms with Crippen LogP contribution in [0.2, 0.25) is 0 Å². The molecule has 3 nitrogen and oxygen atoms in total. The molecule has 0 spiro atoms. The van der Waals surface area contributed by atoms with Crippen molar-refractivity contribution in [3.8, 4) is 0 Å². The first-order valence-corrected chi connectivity index (χ1v) is 5.44. The van der Waals surface area contributed by atoms with Crippen LogP contribution in [-0.4, -0.2) is 16.4 Å². The SMILES string of the molecule is CCC1(C)OC(C)=C(c2ccccn2)C1=O. The standard InChI is InChI=1S/C13H15NO2/c1-4-13(3)12(15)11(9(2)16-13)10-7-5-6-8-14-10/h5-8H,4H2,1-3H3. The van der Waals surface area contributed by atoms with E-state index in [1.54, 1.807) is 6.20 Å². The molecule has 0 amide bonds. The van der Waals surface area contributed by atoms with Gasteiger partial charge in [0.25, 0.3) is 0 Å². The zero-order valence-electron chi connectivity index (χ0n) is 9.78. The highest BCUT2D eigenvalue weighted by molar-refractivity contribution is 6.26. The number of Topliss-reactive ketones (excluding diaryl/α,β-unsaturated/α-hetero) is 1. The Morgan fingerprint density at radius 1 is 1.44 bits per heavy atom. The molecule has 0 fully saturated rings. The zero-order chi connectivity index (χ0) is 11.8. The molecule has 0 N–H and O–H groups in total. The molecule has 1 aliphatic rings. The molecule has 1 aliphatic heterocycles. The molecule has 16 heavy (non-hydrogen) atoms. The van der Waals surface area contributed by atoms with E-state index < -0.39 is 5.60 Å². The van der Waals surface area contributed by atoms with Gasteiger partial charge in [-0.3, -0.25) is 9.78 Å². The molecule has 2 rings (SSSR count). The van der Waals surface area contributed by atoms with Gasteiger partial charge in [-0.25, -0.2) is 0 Å². The molecule has 0 saturated heterocycles. The number of hydrogen-bond acceptors (Lipinski definition) is 3. The van der Waals surface area contributed by atoms with Crippen LogP contribution in [0.5, 0.6) is 0 Å². The van der Waals surface area contributed by atoms with Crippen LogP contribution in [0.4, 0.5) is 0 Å². The summed E-state index contributed by atoms with van der Waals surface area (Å²) < 4.78 is 5.67. The minimum atomic E-state index is -0.711. The highest BCUT2D eigenvalue weighted by Gasteiger charge is 2.43. The van der Waals surface area contributed by atoms with Gasteiger partial charge in [-0.15, -0.1) is 0 Å². The summed E-state index contributed by atoms with van der Waals surface area (Å²) in [6.45, 7) is 5.60. The predicted octanol–water partition coefficient (Wildman–Crippen LogP) is 2.58. The first-order valence-electron chi connectivity index (χ1n) is 5.44. The van der Waals surface area contributed by atoms with Crippen LogP contribution in [0.15, 0.2) is 30.2 Å². The minimum absolute atomic E-state index is 0.0335. The molecule has 1 aromatic rings. The van der Waals surface area contributed by atoms with Gasteiger partial charge in [-0.2, -0.15) is 0 Å². The smallest absolute Gasteiger partial charge is 0.211 e. The molecular formula is C13H15NO2. The van der Waals surface area contributed by atoms with E-state index in [4.69, 9.17) is 4.74 Å². The Balaban J connectivity index is 2.44. The second-order valence-corrected chi connectivity index (χ2v) is 4.16. The van der Waals surface area contributed by atoms with Crippen molar-refractivity contribution in [1.82, 2.24) is 4.98 Å². The van der Waals surface area contributed by atoms with E-state index in [2.05, 4.69) is 4.98 Å². The van der Waals surface area contributed by atoms with Gasteiger partial charge >= 0.3 is 0 Å². The van der Waals surface area contributed by atoms with Gasteiger partial charge in [0.1, 0.15) is 5.76 Å². The van der Waals surface area contributed by atoms with Crippen LogP contribution in [0.3, 0.4) is 0 Å². The third-order valence-corrected chi connectivity index (χ3v) is 3.03. The molecule has 0 aliphatic carbocycles. The van der Waals surface area contributed by atoms with E-state index in [1.165, 1.54) is 0 Å². The van der Waals surface area contributed by atoms with Crippen molar-refractivity contribution < 1.29 is 9.53 Å². The second kappa shape index (κ2) is 3.74. The fraction of sp³-hybridized carbons (Fsp3) is 0.385. The average Bonchev–Trinajstić information content (AvgIpc) is 2.52. The number of carbonyl (C=O) groups excluding carboxylic acids is 1. The Labute approximate surface area is 95.2 Å². The van der Waals surface area contributed by atoms with Crippen molar-refractivity contribution in [1.29, 1.82) is 0 Å². The summed E-state index contributed by atoms with van der Waals surface area (Å²) >= 11 is 0. The summed E-state index contributed by atoms with van der Waals surface area (Å²) in [7, 11) is 0. The van der Waals surface area contributed by atoms with Crippen LogP contribution in [0, 0.1) is 0 Å². The predicted molar refractivity (Wildman–Crippen MR) is 61.6 cm³/mol. The third kappa shape index (κ3) is 1.52. The van der Waals surface area contributed by atoms with E-state index in [9.17, 15) is 4.79 Å². The van der Waals surface area contributed by atoms with Crippen molar-refractivity contribution in [2.45, 2.75) is 32.8 Å². The number of aromatic nitrogens is 1. The molecule has 1 aromatic heterocycles. The number of ether oxygens (including phenoxy) is 1. The lowest BCUT2D eigenvalue weighted by Crippen LogP contribution is -2.32. The van der Waals surface area contributed by atoms with Crippen LogP contribution in [0.25, 0.3) is 5.57 Å². The van der Waals surface area contributed by atoms with E-state index in [0.717, 1.165) is 0 Å². The number of pyridine rings is 1. The first-order chi connectivity index (χ1) is 7.58. The summed E-state index contributed by atoms with van der Waals surface area (Å²) in [6, 6.07) is 5.54. The summed E-state index contributed by atoms with van der Waals surface area (Å²) in [4.78, 5) is 16.4. The summed E-state index contributed by atoms with van der Waals surface area (Å²) in [5.74, 6) is 0.708. The topological polar surface area (TPSA) is 39.2 Å². The summed E-state index contributed by atoms with van der Waals surface area (Å²) in [5, 5.41) is 0. The molecule has 1 unspecified atom stereocenters. The lowest BCUT2D eigenvalue weighted by Gasteiger charge is -2.20. The van der Waals surface area contributed by atoms with Gasteiger partial charge in [-0.1, -0.05) is 13.0 Å². The van der Waals surface area contributed by atoms with Gasteiger partial charge in [0.2, 0.25) is 5.78 Å². The van der Waals surface area contributed by atoms with Gasteiger partial charge in [0.15, 0.2) is 5.60 Å². The largest absolute Gasteiger partial charge is 0.483 e. The maximum atomic E-state index is 12.2. The molecule has 2 heterocycles. The van der Waals surface area contributed by atoms with Gasteiger partial charge < -0.3 is 4.74 Å². The van der Waals surface area contributed by atoms with Crippen molar-refractivity contribution in [2.75, 3.05) is 0 Å². The fourth-order valence-electron chi connectivity index (χ4n) is 1.90. The maximum Gasteiger partial charge on any atom is 0.211 e. The lowest BCUT2D eigenvalue weighted by molar-refractivity contribution is -0.128. The Hall–Kier alpha value is -1.64. The molecule has 0 saturated carbocycles.